The third-order valence-corrected chi connectivity index (χ3v) is 27.5. The predicted octanol–water partition coefficient (Wildman–Crippen LogP) is 35.2. The van der Waals surface area contributed by atoms with Gasteiger partial charge in [-0.3, -0.25) is 19.9 Å². The molecule has 2 radical (unpaired) electrons. The molecule has 0 N–H and O–H groups in total. The molecule has 0 fully saturated rings. The van der Waals surface area contributed by atoms with Crippen LogP contribution in [0.1, 0.15) is 5.56 Å². The molecule has 0 aliphatic rings. The van der Waals surface area contributed by atoms with Gasteiger partial charge in [-0.05, 0) is 207 Å². The molecule has 0 atom stereocenters. The van der Waals surface area contributed by atoms with Crippen molar-refractivity contribution in [2.45, 2.75) is 6.92 Å². The molecule has 682 valence electrons. The normalized spacial score (nSPS) is 10.8. The molecule has 25 aromatic rings. The summed E-state index contributed by atoms with van der Waals surface area (Å²) in [4.78, 5) is 25.2. The topological polar surface area (TPSA) is 70.5 Å². The van der Waals surface area contributed by atoms with E-state index in [1.54, 1.807) is 6.20 Å². The maximum Gasteiger partial charge on any atom is 2.00 e. The number of aromatic nitrogens is 4. The Morgan fingerprint density at radius 1 is 0.275 bits per heavy atom. The van der Waals surface area contributed by atoms with Crippen LogP contribution in [0, 0.1) is 25.1 Å². The fourth-order valence-electron chi connectivity index (χ4n) is 18.1. The number of pyridine rings is 4. The van der Waals surface area contributed by atoms with E-state index in [0.29, 0.717) is 0 Å². The Morgan fingerprint density at radius 3 is 1.10 bits per heavy atom. The van der Waals surface area contributed by atoms with Crippen LogP contribution in [-0.4, -0.2) is 36.6 Å². The van der Waals surface area contributed by atoms with Crippen LogP contribution in [0.5, 0.6) is 5.75 Å². The van der Waals surface area contributed by atoms with Crippen molar-refractivity contribution in [1.82, 2.24) is 19.9 Å². The Bertz CT molecular complexity index is 8170. The number of anilines is 9. The largest absolute Gasteiger partial charge is 2.00 e. The molecule has 0 aliphatic carbocycles. The van der Waals surface area contributed by atoms with Crippen molar-refractivity contribution >= 4 is 164 Å². The van der Waals surface area contributed by atoms with Crippen LogP contribution in [0.3, 0.4) is 0 Å². The summed E-state index contributed by atoms with van der Waals surface area (Å²) >= 11 is 5.24. The molecule has 0 bridgehead atoms. The summed E-state index contributed by atoms with van der Waals surface area (Å²) in [6.07, 6.45) is 3.58. The third-order valence-electron chi connectivity index (χ3n) is 24.8. The first-order chi connectivity index (χ1) is 69.3. The van der Waals surface area contributed by atoms with Crippen molar-refractivity contribution < 1.29 is 45.0 Å². The summed E-state index contributed by atoms with van der Waals surface area (Å²) in [5.41, 5.74) is 25.6. The second-order valence-electron chi connectivity index (χ2n) is 33.6. The molecule has 0 amide bonds. The molecule has 6 aromatic heterocycles. The van der Waals surface area contributed by atoms with E-state index in [4.69, 9.17) is 13.8 Å². The zero-order valence-electron chi connectivity index (χ0n) is 77.4. The fraction of sp³-hybridized carbons (Fsp3) is 0.00775. The first kappa shape index (κ1) is 95.0. The van der Waals surface area contributed by atoms with E-state index in [1.165, 1.54) is 129 Å². The average Bonchev–Trinajstić information content (AvgIpc) is 1.64. The van der Waals surface area contributed by atoms with E-state index in [9.17, 15) is 0 Å². The summed E-state index contributed by atoms with van der Waals surface area (Å²) in [7, 11) is 0. The summed E-state index contributed by atoms with van der Waals surface area (Å²) < 4.78 is 10.6. The summed E-state index contributed by atoms with van der Waals surface area (Å²) in [5, 5.41) is 11.4. The summed E-state index contributed by atoms with van der Waals surface area (Å²) in [6.45, 7) is 2.06. The number of benzene rings is 19. The number of thiophene rings is 2. The first-order valence-electron chi connectivity index (χ1n) is 46.6. The van der Waals surface area contributed by atoms with Crippen molar-refractivity contribution in [3.05, 3.63) is 546 Å². The molecule has 6 heterocycles. The quantitative estimate of drug-likeness (QED) is 0.0660. The molecule has 0 aliphatic heterocycles. The second kappa shape index (κ2) is 45.3. The number of hydrogen-bond donors (Lipinski definition) is 0. The van der Waals surface area contributed by atoms with Gasteiger partial charge in [0.2, 0.25) is 0 Å². The van der Waals surface area contributed by atoms with Crippen LogP contribution in [0.4, 0.5) is 51.4 Å². The second-order valence-corrected chi connectivity index (χ2v) is 36.0. The Morgan fingerprint density at radius 2 is 0.634 bits per heavy atom. The molecular formula is C129H90AlIrN7OPtS2-. The molecule has 13 heteroatoms. The van der Waals surface area contributed by atoms with Gasteiger partial charge in [-0.25, -0.2) is 0 Å². The van der Waals surface area contributed by atoms with E-state index in [2.05, 4.69) is 396 Å². The molecule has 8 nitrogen and oxygen atoms in total. The Labute approximate surface area is 871 Å². The van der Waals surface area contributed by atoms with Gasteiger partial charge in [0.1, 0.15) is 22.9 Å². The number of hydrogen-bond acceptors (Lipinski definition) is 10. The van der Waals surface area contributed by atoms with Crippen molar-refractivity contribution in [1.29, 1.82) is 0 Å². The summed E-state index contributed by atoms with van der Waals surface area (Å²) in [6, 6.07) is 187. The van der Waals surface area contributed by atoms with Crippen molar-refractivity contribution in [2.24, 2.45) is 0 Å². The Balaban J connectivity index is 0.000000121. The summed E-state index contributed by atoms with van der Waals surface area (Å²) in [5.74, 6) is 2.43. The molecule has 0 saturated heterocycles. The van der Waals surface area contributed by atoms with Gasteiger partial charge < -0.3 is 18.6 Å². The van der Waals surface area contributed by atoms with Gasteiger partial charge in [-0.15, -0.1) is 130 Å². The first-order valence-corrected chi connectivity index (χ1v) is 48.8. The van der Waals surface area contributed by atoms with Crippen molar-refractivity contribution in [3.63, 3.8) is 0 Å². The molecular weight excluding hydrogens is 2140 g/mol. The minimum absolute atomic E-state index is 0. The van der Waals surface area contributed by atoms with E-state index >= 15 is 0 Å². The minimum atomic E-state index is 0. The van der Waals surface area contributed by atoms with Crippen LogP contribution in [0.25, 0.3) is 151 Å². The number of nitrogens with zero attached hydrogens (tertiary/aromatic N) is 7. The SMILES string of the molecule is Cc1cccnc1-c1[c-]cccc1.[AlH][O]c1cccc2cccnc12.[Ir].[Pt+2].[c-]1ccccc1-c1cccc(N(c2ccccc2)c2cccc(-c3[c-]cccc3)n2)n1.c1cc(-c2cccc(-c3cccc4c3sc3ccccc34)c2)cc(-c2cccc3c2sc2ccccc23)c1.c1ccc(N(c2ccc(-c3ccc(N(c4ccccc4)c4cccc5ccccc45)cc3)cc2)c2cccc3ccccc23)cc1. The smallest absolute Gasteiger partial charge is 0.649 e. The number of fused-ring (bicyclic) bond motifs is 9. The maximum absolute atomic E-state index is 5.19. The Hall–Kier alpha value is -15.9. The number of aryl methyl sites for hydroxylation is 1. The number of rotatable bonds is 17. The van der Waals surface area contributed by atoms with Crippen LogP contribution in [-0.2, 0) is 41.2 Å². The van der Waals surface area contributed by atoms with E-state index in [1.807, 2.05) is 193 Å². The van der Waals surface area contributed by atoms with Crippen LogP contribution < -0.4 is 18.5 Å². The van der Waals surface area contributed by atoms with E-state index in [0.717, 1.165) is 102 Å². The van der Waals surface area contributed by atoms with Crippen LogP contribution in [0.2, 0.25) is 0 Å². The molecule has 25 rings (SSSR count). The van der Waals surface area contributed by atoms with Gasteiger partial charge in [-0.2, -0.15) is 0 Å². The fourth-order valence-corrected chi connectivity index (χ4v) is 20.8. The van der Waals surface area contributed by atoms with Gasteiger partial charge in [0, 0.05) is 117 Å². The average molecular weight is 2230 g/mol. The molecule has 142 heavy (non-hydrogen) atoms. The zero-order chi connectivity index (χ0) is 94.1. The van der Waals surface area contributed by atoms with Crippen molar-refractivity contribution in [3.8, 4) is 84.0 Å². The monoisotopic (exact) mass is 2230 g/mol. The number of para-hydroxylation sites is 4. The zero-order valence-corrected chi connectivity index (χ0v) is 85.1. The van der Waals surface area contributed by atoms with Crippen molar-refractivity contribution in [2.75, 3.05) is 14.7 Å². The maximum atomic E-state index is 5.19. The van der Waals surface area contributed by atoms with E-state index in [-0.39, 0.29) is 41.2 Å². The van der Waals surface area contributed by atoms with E-state index < -0.39 is 0 Å². The Kier molecular flexibility index (Phi) is 30.3. The van der Waals surface area contributed by atoms with Gasteiger partial charge >= 0.3 is 37.7 Å². The van der Waals surface area contributed by atoms with Gasteiger partial charge in [0.15, 0.2) is 0 Å². The molecule has 0 unspecified atom stereocenters. The molecule has 0 saturated carbocycles. The molecule has 19 aromatic carbocycles. The predicted molar refractivity (Wildman–Crippen MR) is 593 cm³/mol. The molecule has 0 spiro atoms. The van der Waals surface area contributed by atoms with Gasteiger partial charge in [0.25, 0.3) is 0 Å². The standard InChI is InChI=1S/C44H32N2.C36H22S2.C28H19N3.C12H10N.C9H7NO.Al.Ir.Pt.H/c1-3-17-37(18-4-1)45(43-23-11-15-35-13-7-9-21-41(35)43)39-29-25-33(26-30-39)34-27-31-40(32-28-34)46(38-19-5-2-6-20-38)44-24-12-16-36-14-8-10-22-42(36)44;1-3-19-33-29(13-1)31-17-7-15-27(35(31)37-33)25-11-5-9-23(21-25)24-10-6-12-26(22-24)28-16-8-18-32-30-14-2-4-20-34(30)38-36(28)32;1-4-12-22(13-5-1)25-18-10-20-27(29-25)31(24-16-8-3-9-17-24)28-21-11-19-26(30-28)23-14-6-2-7-15-23;1-10-6-5-9-13-12(10)11-7-3-2-4-8-11;11-8-5-1-3-7-4-2-6-10-9(7)8;;;;/h1-32H;1-22H;1-12,14,16-21H;2-7,9H,1H3;1-6,11H;;;;/q;;-2;-1;;+1;;+2;/p-1. The van der Waals surface area contributed by atoms with Gasteiger partial charge in [0.05, 0.1) is 11.4 Å². The van der Waals surface area contributed by atoms with Crippen LogP contribution in [0.15, 0.2) is 522 Å². The minimum Gasteiger partial charge on any atom is -0.649 e. The van der Waals surface area contributed by atoms with Crippen LogP contribution >= 0.6 is 22.7 Å². The third kappa shape index (κ3) is 21.2. The van der Waals surface area contributed by atoms with Gasteiger partial charge in [-0.1, -0.05) is 315 Å².